The Morgan fingerprint density at radius 2 is 2.05 bits per heavy atom. The number of rotatable bonds is 3. The molecule has 3 atom stereocenters. The van der Waals surface area contributed by atoms with Crippen molar-refractivity contribution in [1.82, 2.24) is 9.80 Å². The number of likely N-dealkylation sites (N-methyl/N-ethyl adjacent to an activating group) is 1. The monoisotopic (exact) mass is 291 g/mol. The van der Waals surface area contributed by atoms with E-state index in [4.69, 9.17) is 5.73 Å². The highest BCUT2D eigenvalue weighted by atomic mass is 19.1. The van der Waals surface area contributed by atoms with E-state index in [0.717, 1.165) is 24.7 Å². The smallest absolute Gasteiger partial charge is 0.123 e. The number of fused-ring (bicyclic) bond motifs is 2. The van der Waals surface area contributed by atoms with Crippen molar-refractivity contribution >= 4 is 0 Å². The molecule has 2 heterocycles. The molecule has 0 aliphatic carbocycles. The lowest BCUT2D eigenvalue weighted by Crippen LogP contribution is -2.41. The second-order valence-corrected chi connectivity index (χ2v) is 6.59. The van der Waals surface area contributed by atoms with Crippen molar-refractivity contribution in [3.05, 3.63) is 35.1 Å². The third-order valence-corrected chi connectivity index (χ3v) is 5.43. The first kappa shape index (κ1) is 14.9. The minimum atomic E-state index is -0.165. The van der Waals surface area contributed by atoms with Crippen LogP contribution in [0.15, 0.2) is 18.2 Å². The van der Waals surface area contributed by atoms with Crippen LogP contribution in [-0.4, -0.2) is 48.6 Å². The predicted octanol–water partition coefficient (Wildman–Crippen LogP) is 2.30. The fourth-order valence-electron chi connectivity index (χ4n) is 4.10. The van der Waals surface area contributed by atoms with Gasteiger partial charge in [0.05, 0.1) is 0 Å². The normalized spacial score (nSPS) is 28.6. The highest BCUT2D eigenvalue weighted by molar-refractivity contribution is 5.30. The SMILES string of the molecule is Cc1cc(F)ccc1C(CN)N1CCC2CCC(C1)N2C. The molecule has 116 valence electrons. The van der Waals surface area contributed by atoms with Gasteiger partial charge in [-0.1, -0.05) is 6.07 Å². The van der Waals surface area contributed by atoms with Gasteiger partial charge in [-0.15, -0.1) is 0 Å². The molecule has 0 aromatic heterocycles. The number of benzene rings is 1. The molecule has 2 fully saturated rings. The molecule has 0 spiro atoms. The summed E-state index contributed by atoms with van der Waals surface area (Å²) in [5, 5.41) is 0. The average Bonchev–Trinajstić information content (AvgIpc) is 2.68. The standard InChI is InChI=1S/C17H26FN3/c1-12-9-13(18)3-6-16(12)17(10-19)21-8-7-14-4-5-15(11-21)20(14)2/h3,6,9,14-15,17H,4-5,7-8,10-11,19H2,1-2H3. The van der Waals surface area contributed by atoms with Crippen LogP contribution in [0, 0.1) is 12.7 Å². The van der Waals surface area contributed by atoms with E-state index in [1.165, 1.54) is 24.8 Å². The summed E-state index contributed by atoms with van der Waals surface area (Å²) in [4.78, 5) is 5.06. The summed E-state index contributed by atoms with van der Waals surface area (Å²) in [7, 11) is 2.26. The number of nitrogens with two attached hydrogens (primary N) is 1. The quantitative estimate of drug-likeness (QED) is 0.927. The van der Waals surface area contributed by atoms with E-state index >= 15 is 0 Å². The van der Waals surface area contributed by atoms with Crippen LogP contribution in [0.2, 0.25) is 0 Å². The summed E-state index contributed by atoms with van der Waals surface area (Å²) in [6.45, 7) is 4.74. The van der Waals surface area contributed by atoms with Gasteiger partial charge in [0.15, 0.2) is 0 Å². The molecule has 3 nitrogen and oxygen atoms in total. The number of aryl methyl sites for hydroxylation is 1. The Kier molecular flexibility index (Phi) is 4.29. The molecular weight excluding hydrogens is 265 g/mol. The van der Waals surface area contributed by atoms with Crippen molar-refractivity contribution in [2.45, 2.75) is 44.3 Å². The maximum absolute atomic E-state index is 13.3. The lowest BCUT2D eigenvalue weighted by Gasteiger charge is -2.33. The highest BCUT2D eigenvalue weighted by Crippen LogP contribution is 2.33. The Hall–Kier alpha value is -0.970. The van der Waals surface area contributed by atoms with Gasteiger partial charge in [-0.2, -0.15) is 0 Å². The lowest BCUT2D eigenvalue weighted by atomic mass is 9.98. The van der Waals surface area contributed by atoms with E-state index in [1.54, 1.807) is 12.1 Å². The molecule has 2 saturated heterocycles. The molecular formula is C17H26FN3. The van der Waals surface area contributed by atoms with Crippen molar-refractivity contribution in [2.24, 2.45) is 5.73 Å². The van der Waals surface area contributed by atoms with Crippen LogP contribution >= 0.6 is 0 Å². The Balaban J connectivity index is 1.83. The molecule has 1 aromatic rings. The topological polar surface area (TPSA) is 32.5 Å². The molecule has 2 bridgehead atoms. The number of hydrogen-bond donors (Lipinski definition) is 1. The van der Waals surface area contributed by atoms with Gasteiger partial charge < -0.3 is 5.73 Å². The maximum atomic E-state index is 13.3. The predicted molar refractivity (Wildman–Crippen MR) is 83.7 cm³/mol. The molecule has 2 aliphatic heterocycles. The number of halogens is 1. The van der Waals surface area contributed by atoms with Crippen molar-refractivity contribution in [2.75, 3.05) is 26.7 Å². The summed E-state index contributed by atoms with van der Waals surface area (Å²) in [5.41, 5.74) is 8.26. The van der Waals surface area contributed by atoms with E-state index in [0.29, 0.717) is 12.6 Å². The first-order valence-electron chi connectivity index (χ1n) is 8.02. The van der Waals surface area contributed by atoms with Crippen LogP contribution in [0.1, 0.15) is 36.4 Å². The van der Waals surface area contributed by atoms with E-state index in [2.05, 4.69) is 16.8 Å². The molecule has 4 heteroatoms. The maximum Gasteiger partial charge on any atom is 0.123 e. The van der Waals surface area contributed by atoms with Gasteiger partial charge in [-0.25, -0.2) is 4.39 Å². The van der Waals surface area contributed by atoms with Gasteiger partial charge in [-0.3, -0.25) is 9.80 Å². The fraction of sp³-hybridized carbons (Fsp3) is 0.647. The van der Waals surface area contributed by atoms with Crippen LogP contribution in [-0.2, 0) is 0 Å². The zero-order valence-corrected chi connectivity index (χ0v) is 13.1. The van der Waals surface area contributed by atoms with Crippen molar-refractivity contribution in [3.8, 4) is 0 Å². The van der Waals surface area contributed by atoms with Crippen LogP contribution in [0.3, 0.4) is 0 Å². The summed E-state index contributed by atoms with van der Waals surface area (Å²) >= 11 is 0. The second kappa shape index (κ2) is 6.03. The van der Waals surface area contributed by atoms with Crippen LogP contribution < -0.4 is 5.73 Å². The minimum Gasteiger partial charge on any atom is -0.329 e. The Morgan fingerprint density at radius 1 is 1.29 bits per heavy atom. The van der Waals surface area contributed by atoms with E-state index in [1.807, 2.05) is 13.0 Å². The van der Waals surface area contributed by atoms with Gasteiger partial charge in [0.25, 0.3) is 0 Å². The minimum absolute atomic E-state index is 0.165. The number of likely N-dealkylation sites (tertiary alicyclic amines) is 1. The van der Waals surface area contributed by atoms with Crippen LogP contribution in [0.25, 0.3) is 0 Å². The number of nitrogens with zero attached hydrogens (tertiary/aromatic N) is 2. The Bertz CT molecular complexity index is 505. The zero-order valence-electron chi connectivity index (χ0n) is 13.1. The van der Waals surface area contributed by atoms with E-state index in [9.17, 15) is 4.39 Å². The fourth-order valence-corrected chi connectivity index (χ4v) is 4.10. The first-order valence-corrected chi connectivity index (χ1v) is 8.02. The number of hydrogen-bond acceptors (Lipinski definition) is 3. The Morgan fingerprint density at radius 3 is 2.76 bits per heavy atom. The third-order valence-electron chi connectivity index (χ3n) is 5.43. The molecule has 0 saturated carbocycles. The summed E-state index contributed by atoms with van der Waals surface area (Å²) < 4.78 is 13.3. The molecule has 1 aromatic carbocycles. The van der Waals surface area contributed by atoms with Gasteiger partial charge >= 0.3 is 0 Å². The summed E-state index contributed by atoms with van der Waals surface area (Å²) in [6, 6.07) is 6.67. The highest BCUT2D eigenvalue weighted by Gasteiger charge is 2.36. The Labute approximate surface area is 126 Å². The summed E-state index contributed by atoms with van der Waals surface area (Å²) in [5.74, 6) is -0.165. The first-order chi connectivity index (χ1) is 10.1. The molecule has 2 aliphatic rings. The van der Waals surface area contributed by atoms with E-state index in [-0.39, 0.29) is 11.9 Å². The van der Waals surface area contributed by atoms with Crippen molar-refractivity contribution < 1.29 is 4.39 Å². The van der Waals surface area contributed by atoms with Gasteiger partial charge in [-0.05, 0) is 56.5 Å². The van der Waals surface area contributed by atoms with E-state index < -0.39 is 0 Å². The third kappa shape index (κ3) is 2.85. The van der Waals surface area contributed by atoms with Gasteiger partial charge in [0.1, 0.15) is 5.82 Å². The average molecular weight is 291 g/mol. The second-order valence-electron chi connectivity index (χ2n) is 6.59. The molecule has 3 rings (SSSR count). The van der Waals surface area contributed by atoms with Crippen LogP contribution in [0.4, 0.5) is 4.39 Å². The van der Waals surface area contributed by atoms with Crippen molar-refractivity contribution in [3.63, 3.8) is 0 Å². The lowest BCUT2D eigenvalue weighted by molar-refractivity contribution is 0.174. The van der Waals surface area contributed by atoms with Crippen LogP contribution in [0.5, 0.6) is 0 Å². The molecule has 0 radical (unpaired) electrons. The van der Waals surface area contributed by atoms with Crippen molar-refractivity contribution in [1.29, 1.82) is 0 Å². The largest absolute Gasteiger partial charge is 0.329 e. The molecule has 3 unspecified atom stereocenters. The summed E-state index contributed by atoms with van der Waals surface area (Å²) in [6.07, 6.45) is 3.83. The van der Waals surface area contributed by atoms with Gasteiger partial charge in [0.2, 0.25) is 0 Å². The molecule has 21 heavy (non-hydrogen) atoms. The van der Waals surface area contributed by atoms with Gasteiger partial charge in [0, 0.05) is 37.8 Å². The zero-order chi connectivity index (χ0) is 15.0. The molecule has 0 amide bonds. The molecule has 2 N–H and O–H groups in total.